The maximum absolute atomic E-state index is 13.8. The Morgan fingerprint density at radius 3 is 2.48 bits per heavy atom. The molecule has 9 heteroatoms. The fourth-order valence-electron chi connectivity index (χ4n) is 1.85. The smallest absolute Gasteiger partial charge is 0.411 e. The number of alkyl halides is 3. The number of nitrogens with zero attached hydrogens (tertiary/aromatic N) is 2. The first-order chi connectivity index (χ1) is 10.7. The summed E-state index contributed by atoms with van der Waals surface area (Å²) in [6, 6.07) is 3.29. The van der Waals surface area contributed by atoms with E-state index >= 15 is 0 Å². The van der Waals surface area contributed by atoms with Crippen molar-refractivity contribution in [2.45, 2.75) is 13.1 Å². The molecule has 2 rings (SSSR count). The van der Waals surface area contributed by atoms with Crippen LogP contribution in [0, 0.1) is 11.6 Å². The molecule has 0 saturated carbocycles. The SMILES string of the molecule is C/C(=N\O)c1ncc(Nc2c(F)cccc2C(F)(F)F)cc1F. The molecule has 0 bridgehead atoms. The Labute approximate surface area is 127 Å². The van der Waals surface area contributed by atoms with E-state index in [-0.39, 0.29) is 17.1 Å². The highest BCUT2D eigenvalue weighted by atomic mass is 19.4. The summed E-state index contributed by atoms with van der Waals surface area (Å²) in [5, 5.41) is 13.5. The maximum Gasteiger partial charge on any atom is 0.418 e. The van der Waals surface area contributed by atoms with Gasteiger partial charge in [-0.1, -0.05) is 11.2 Å². The lowest BCUT2D eigenvalue weighted by molar-refractivity contribution is -0.137. The van der Waals surface area contributed by atoms with Gasteiger partial charge in [-0.3, -0.25) is 0 Å². The van der Waals surface area contributed by atoms with Crippen molar-refractivity contribution in [1.29, 1.82) is 0 Å². The summed E-state index contributed by atoms with van der Waals surface area (Å²) in [6.45, 7) is 1.29. The Kier molecular flexibility index (Phi) is 4.48. The van der Waals surface area contributed by atoms with Crippen LogP contribution in [0.1, 0.15) is 18.2 Å². The predicted octanol–water partition coefficient (Wildman–Crippen LogP) is 4.32. The molecule has 1 heterocycles. The molecule has 0 aliphatic carbocycles. The molecule has 0 aliphatic rings. The largest absolute Gasteiger partial charge is 0.418 e. The van der Waals surface area contributed by atoms with Gasteiger partial charge in [-0.05, 0) is 19.1 Å². The minimum atomic E-state index is -4.78. The summed E-state index contributed by atoms with van der Waals surface area (Å²) in [7, 11) is 0. The summed E-state index contributed by atoms with van der Waals surface area (Å²) in [6.07, 6.45) is -3.78. The fraction of sp³-hybridized carbons (Fsp3) is 0.143. The molecule has 0 saturated heterocycles. The molecule has 0 radical (unpaired) electrons. The van der Waals surface area contributed by atoms with Crippen LogP contribution in [0.25, 0.3) is 0 Å². The summed E-state index contributed by atoms with van der Waals surface area (Å²) >= 11 is 0. The number of oxime groups is 1. The zero-order valence-corrected chi connectivity index (χ0v) is 11.6. The second-order valence-corrected chi connectivity index (χ2v) is 4.52. The number of halogens is 5. The van der Waals surface area contributed by atoms with Gasteiger partial charge in [-0.2, -0.15) is 13.2 Å². The molecule has 0 amide bonds. The number of pyridine rings is 1. The third kappa shape index (κ3) is 3.55. The van der Waals surface area contributed by atoms with Crippen LogP contribution in [0.4, 0.5) is 33.3 Å². The van der Waals surface area contributed by atoms with E-state index in [4.69, 9.17) is 5.21 Å². The number of hydrogen-bond acceptors (Lipinski definition) is 4. The molecule has 2 N–H and O–H groups in total. The molecule has 0 atom stereocenters. The molecule has 0 spiro atoms. The maximum atomic E-state index is 13.8. The van der Waals surface area contributed by atoms with Crippen molar-refractivity contribution < 1.29 is 27.2 Å². The topological polar surface area (TPSA) is 57.5 Å². The van der Waals surface area contributed by atoms with Crippen LogP contribution < -0.4 is 5.32 Å². The second-order valence-electron chi connectivity index (χ2n) is 4.52. The summed E-state index contributed by atoms with van der Waals surface area (Å²) in [4.78, 5) is 3.63. The van der Waals surface area contributed by atoms with E-state index in [0.29, 0.717) is 6.07 Å². The number of benzene rings is 1. The third-order valence-electron chi connectivity index (χ3n) is 2.92. The Balaban J connectivity index is 2.43. The van der Waals surface area contributed by atoms with Gasteiger partial charge in [0.1, 0.15) is 17.2 Å². The van der Waals surface area contributed by atoms with E-state index in [1.807, 2.05) is 0 Å². The van der Waals surface area contributed by atoms with E-state index in [2.05, 4.69) is 15.5 Å². The Morgan fingerprint density at radius 1 is 1.22 bits per heavy atom. The molecule has 2 aromatic rings. The standard InChI is InChI=1S/C14H10F5N3O/c1-7(22-23)12-11(16)5-8(6-20-12)21-13-9(14(17,18)19)3-2-4-10(13)15/h2-6,21,23H,1H3/b22-7+. The Morgan fingerprint density at radius 2 is 1.91 bits per heavy atom. The van der Waals surface area contributed by atoms with Crippen molar-refractivity contribution in [3.05, 3.63) is 53.4 Å². The van der Waals surface area contributed by atoms with E-state index in [9.17, 15) is 22.0 Å². The molecule has 0 fully saturated rings. The van der Waals surface area contributed by atoms with Crippen molar-refractivity contribution >= 4 is 17.1 Å². The highest BCUT2D eigenvalue weighted by molar-refractivity contribution is 5.96. The van der Waals surface area contributed by atoms with Crippen LogP contribution in [-0.4, -0.2) is 15.9 Å². The van der Waals surface area contributed by atoms with Crippen LogP contribution in [0.3, 0.4) is 0 Å². The fourth-order valence-corrected chi connectivity index (χ4v) is 1.85. The van der Waals surface area contributed by atoms with Crippen molar-refractivity contribution in [3.63, 3.8) is 0 Å². The van der Waals surface area contributed by atoms with Gasteiger partial charge in [0.25, 0.3) is 0 Å². The van der Waals surface area contributed by atoms with E-state index < -0.39 is 29.1 Å². The van der Waals surface area contributed by atoms with Crippen molar-refractivity contribution in [1.82, 2.24) is 4.98 Å². The molecule has 122 valence electrons. The summed E-state index contributed by atoms with van der Waals surface area (Å²) < 4.78 is 66.2. The lowest BCUT2D eigenvalue weighted by Crippen LogP contribution is -2.11. The lowest BCUT2D eigenvalue weighted by atomic mass is 10.1. The van der Waals surface area contributed by atoms with Gasteiger partial charge in [-0.15, -0.1) is 0 Å². The molecule has 0 unspecified atom stereocenters. The number of anilines is 2. The van der Waals surface area contributed by atoms with Gasteiger partial charge in [0.15, 0.2) is 5.82 Å². The van der Waals surface area contributed by atoms with E-state index in [1.165, 1.54) is 6.92 Å². The van der Waals surface area contributed by atoms with Crippen LogP contribution in [0.2, 0.25) is 0 Å². The number of nitrogens with one attached hydrogen (secondary N) is 1. The van der Waals surface area contributed by atoms with Crippen molar-refractivity contribution in [2.75, 3.05) is 5.32 Å². The Hall–Kier alpha value is -2.71. The lowest BCUT2D eigenvalue weighted by Gasteiger charge is -2.15. The van der Waals surface area contributed by atoms with Gasteiger partial charge in [0.05, 0.1) is 23.1 Å². The molecule has 1 aromatic carbocycles. The number of rotatable bonds is 3. The van der Waals surface area contributed by atoms with Crippen molar-refractivity contribution in [3.8, 4) is 0 Å². The normalized spacial score (nSPS) is 12.3. The van der Waals surface area contributed by atoms with Gasteiger partial charge in [-0.25, -0.2) is 13.8 Å². The second kappa shape index (κ2) is 6.19. The number of para-hydroxylation sites is 1. The first kappa shape index (κ1) is 16.7. The minimum absolute atomic E-state index is 0.115. The minimum Gasteiger partial charge on any atom is -0.411 e. The molecule has 0 aliphatic heterocycles. The molecule has 23 heavy (non-hydrogen) atoms. The first-order valence-corrected chi connectivity index (χ1v) is 6.21. The molecular weight excluding hydrogens is 321 g/mol. The summed E-state index contributed by atoms with van der Waals surface area (Å²) in [5.74, 6) is -2.08. The average molecular weight is 331 g/mol. The average Bonchev–Trinajstić information content (AvgIpc) is 2.47. The van der Waals surface area contributed by atoms with E-state index in [0.717, 1.165) is 24.4 Å². The van der Waals surface area contributed by atoms with Gasteiger partial charge in [0, 0.05) is 6.07 Å². The van der Waals surface area contributed by atoms with Crippen LogP contribution >= 0.6 is 0 Å². The molecule has 4 nitrogen and oxygen atoms in total. The zero-order chi connectivity index (χ0) is 17.2. The quantitative estimate of drug-likeness (QED) is 0.381. The first-order valence-electron chi connectivity index (χ1n) is 6.21. The van der Waals surface area contributed by atoms with Crippen LogP contribution in [0.15, 0.2) is 35.6 Å². The molecule has 1 aromatic heterocycles. The molecular formula is C14H10F5N3O. The van der Waals surface area contributed by atoms with E-state index in [1.54, 1.807) is 0 Å². The van der Waals surface area contributed by atoms with Gasteiger partial charge >= 0.3 is 6.18 Å². The van der Waals surface area contributed by atoms with Crippen LogP contribution in [-0.2, 0) is 6.18 Å². The Bertz CT molecular complexity index is 759. The van der Waals surface area contributed by atoms with Gasteiger partial charge < -0.3 is 10.5 Å². The van der Waals surface area contributed by atoms with Gasteiger partial charge in [0.2, 0.25) is 0 Å². The monoisotopic (exact) mass is 331 g/mol. The number of hydrogen-bond donors (Lipinski definition) is 2. The number of aromatic nitrogens is 1. The summed E-state index contributed by atoms with van der Waals surface area (Å²) in [5.41, 5.74) is -2.64. The third-order valence-corrected chi connectivity index (χ3v) is 2.92. The predicted molar refractivity (Wildman–Crippen MR) is 72.9 cm³/mol. The zero-order valence-electron chi connectivity index (χ0n) is 11.6. The van der Waals surface area contributed by atoms with Crippen LogP contribution in [0.5, 0.6) is 0 Å². The highest BCUT2D eigenvalue weighted by Crippen LogP contribution is 2.37. The highest BCUT2D eigenvalue weighted by Gasteiger charge is 2.34. The van der Waals surface area contributed by atoms with Crippen molar-refractivity contribution in [2.24, 2.45) is 5.16 Å².